The molecule has 0 atom stereocenters. The number of hydrogen-bond acceptors (Lipinski definition) is 4. The van der Waals surface area contributed by atoms with Crippen LogP contribution < -0.4 is 10.6 Å². The van der Waals surface area contributed by atoms with Gasteiger partial charge in [0.05, 0.1) is 16.7 Å². The molecule has 0 spiro atoms. The van der Waals surface area contributed by atoms with Crippen molar-refractivity contribution in [3.8, 4) is 0 Å². The van der Waals surface area contributed by atoms with Crippen molar-refractivity contribution >= 4 is 34.8 Å². The van der Waals surface area contributed by atoms with Gasteiger partial charge in [-0.1, -0.05) is 23.2 Å². The van der Waals surface area contributed by atoms with Crippen LogP contribution in [0.1, 0.15) is 13.8 Å². The summed E-state index contributed by atoms with van der Waals surface area (Å²) in [5, 5.41) is 7.21. The minimum absolute atomic E-state index is 0.508. The molecule has 0 aliphatic heterocycles. The summed E-state index contributed by atoms with van der Waals surface area (Å²) in [6.45, 7) is 6.67. The summed E-state index contributed by atoms with van der Waals surface area (Å²) in [6.07, 6.45) is 0. The molecule has 0 saturated heterocycles. The van der Waals surface area contributed by atoms with Crippen LogP contribution in [0.4, 0.5) is 11.6 Å². The Morgan fingerprint density at radius 3 is 2.41 bits per heavy atom. The third kappa shape index (κ3) is 4.58. The Morgan fingerprint density at radius 2 is 1.82 bits per heavy atom. The Balaban J connectivity index is 2.66. The first-order valence-electron chi connectivity index (χ1n) is 5.60. The minimum Gasteiger partial charge on any atom is -0.380 e. The molecule has 1 rings (SSSR count). The number of hydrogen-bond donors (Lipinski definition) is 2. The Kier molecular flexibility index (Phi) is 6.40. The van der Waals surface area contributed by atoms with E-state index in [0.717, 1.165) is 6.54 Å². The minimum atomic E-state index is 0.508. The van der Waals surface area contributed by atoms with Crippen LogP contribution >= 0.6 is 23.2 Å². The second-order valence-electron chi connectivity index (χ2n) is 3.30. The fraction of sp³-hybridized carbons (Fsp3) is 0.545. The van der Waals surface area contributed by atoms with Gasteiger partial charge in [0, 0.05) is 19.7 Å². The van der Waals surface area contributed by atoms with Crippen LogP contribution in [0.2, 0.25) is 10.0 Å². The standard InChI is InChI=1S/C11H17Cl2N3O/c1-3-14-10-8(12)7-9(13)11(16-10)15-5-6-17-4-2/h7H,3-6H2,1-2H3,(H2,14,15,16). The lowest BCUT2D eigenvalue weighted by Crippen LogP contribution is -2.11. The first kappa shape index (κ1) is 14.4. The maximum absolute atomic E-state index is 6.04. The van der Waals surface area contributed by atoms with Gasteiger partial charge in [-0.05, 0) is 19.9 Å². The summed E-state index contributed by atoms with van der Waals surface area (Å²) in [7, 11) is 0. The number of rotatable bonds is 7. The first-order valence-corrected chi connectivity index (χ1v) is 6.36. The van der Waals surface area contributed by atoms with Crippen molar-refractivity contribution in [2.75, 3.05) is 36.9 Å². The van der Waals surface area contributed by atoms with Crippen molar-refractivity contribution in [3.05, 3.63) is 16.1 Å². The molecule has 1 aromatic heterocycles. The molecule has 1 heterocycles. The molecule has 0 radical (unpaired) electrons. The van der Waals surface area contributed by atoms with E-state index in [-0.39, 0.29) is 0 Å². The van der Waals surface area contributed by atoms with E-state index in [1.54, 1.807) is 6.07 Å². The average molecular weight is 278 g/mol. The van der Waals surface area contributed by atoms with Gasteiger partial charge in [-0.2, -0.15) is 0 Å². The number of ether oxygens (including phenoxy) is 1. The van der Waals surface area contributed by atoms with E-state index in [9.17, 15) is 0 Å². The van der Waals surface area contributed by atoms with Gasteiger partial charge in [-0.3, -0.25) is 0 Å². The van der Waals surface area contributed by atoms with Crippen LogP contribution in [0.15, 0.2) is 6.07 Å². The molecule has 0 saturated carbocycles. The molecule has 0 aliphatic rings. The van der Waals surface area contributed by atoms with E-state index in [4.69, 9.17) is 27.9 Å². The maximum atomic E-state index is 6.04. The third-order valence-electron chi connectivity index (χ3n) is 2.02. The van der Waals surface area contributed by atoms with Crippen molar-refractivity contribution < 1.29 is 4.74 Å². The van der Waals surface area contributed by atoms with Gasteiger partial charge in [0.2, 0.25) is 0 Å². The lowest BCUT2D eigenvalue weighted by molar-refractivity contribution is 0.158. The summed E-state index contributed by atoms with van der Waals surface area (Å²) in [4.78, 5) is 4.32. The van der Waals surface area contributed by atoms with Gasteiger partial charge in [-0.25, -0.2) is 4.98 Å². The van der Waals surface area contributed by atoms with Crippen molar-refractivity contribution in [2.24, 2.45) is 0 Å². The monoisotopic (exact) mass is 277 g/mol. The number of aromatic nitrogens is 1. The first-order chi connectivity index (χ1) is 8.19. The van der Waals surface area contributed by atoms with Gasteiger partial charge >= 0.3 is 0 Å². The molecule has 96 valence electrons. The van der Waals surface area contributed by atoms with E-state index >= 15 is 0 Å². The van der Waals surface area contributed by atoms with E-state index in [1.807, 2.05) is 13.8 Å². The highest BCUT2D eigenvalue weighted by atomic mass is 35.5. The highest BCUT2D eigenvalue weighted by Gasteiger charge is 2.08. The van der Waals surface area contributed by atoms with Gasteiger partial charge in [0.15, 0.2) is 0 Å². The van der Waals surface area contributed by atoms with Gasteiger partial charge in [0.25, 0.3) is 0 Å². The molecule has 2 N–H and O–H groups in total. The SMILES string of the molecule is CCNc1nc(NCCOCC)c(Cl)cc1Cl. The van der Waals surface area contributed by atoms with Crippen LogP contribution in [0.25, 0.3) is 0 Å². The molecule has 0 bridgehead atoms. The fourth-order valence-electron chi connectivity index (χ4n) is 1.27. The summed E-state index contributed by atoms with van der Waals surface area (Å²) < 4.78 is 5.22. The lowest BCUT2D eigenvalue weighted by atomic mass is 10.4. The number of pyridine rings is 1. The zero-order valence-corrected chi connectivity index (χ0v) is 11.5. The van der Waals surface area contributed by atoms with Crippen LogP contribution in [0.5, 0.6) is 0 Å². The van der Waals surface area contributed by atoms with E-state index < -0.39 is 0 Å². The van der Waals surface area contributed by atoms with Crippen molar-refractivity contribution in [2.45, 2.75) is 13.8 Å². The average Bonchev–Trinajstić information content (AvgIpc) is 2.30. The predicted molar refractivity (Wildman–Crippen MR) is 73.4 cm³/mol. The van der Waals surface area contributed by atoms with E-state index in [0.29, 0.717) is 41.4 Å². The van der Waals surface area contributed by atoms with Crippen LogP contribution in [-0.2, 0) is 4.74 Å². The van der Waals surface area contributed by atoms with Crippen molar-refractivity contribution in [3.63, 3.8) is 0 Å². The topological polar surface area (TPSA) is 46.2 Å². The molecule has 0 aromatic carbocycles. The summed E-state index contributed by atoms with van der Waals surface area (Å²) in [5.74, 6) is 1.25. The normalized spacial score (nSPS) is 10.4. The van der Waals surface area contributed by atoms with Crippen LogP contribution in [-0.4, -0.2) is 31.3 Å². The predicted octanol–water partition coefficient (Wildman–Crippen LogP) is 3.27. The highest BCUT2D eigenvalue weighted by Crippen LogP contribution is 2.28. The number of anilines is 2. The molecule has 0 fully saturated rings. The fourth-order valence-corrected chi connectivity index (χ4v) is 1.76. The van der Waals surface area contributed by atoms with Gasteiger partial charge < -0.3 is 15.4 Å². The number of nitrogens with one attached hydrogen (secondary N) is 2. The Morgan fingerprint density at radius 1 is 1.18 bits per heavy atom. The van der Waals surface area contributed by atoms with Crippen molar-refractivity contribution in [1.29, 1.82) is 0 Å². The van der Waals surface area contributed by atoms with Crippen LogP contribution in [0, 0.1) is 0 Å². The molecule has 0 aliphatic carbocycles. The molecular weight excluding hydrogens is 261 g/mol. The second kappa shape index (κ2) is 7.58. The summed E-state index contributed by atoms with van der Waals surface area (Å²) in [5.41, 5.74) is 0. The molecule has 17 heavy (non-hydrogen) atoms. The molecule has 0 unspecified atom stereocenters. The third-order valence-corrected chi connectivity index (χ3v) is 2.59. The lowest BCUT2D eigenvalue weighted by Gasteiger charge is -2.11. The zero-order chi connectivity index (χ0) is 12.7. The van der Waals surface area contributed by atoms with Gasteiger partial charge in [-0.15, -0.1) is 0 Å². The van der Waals surface area contributed by atoms with Gasteiger partial charge in [0.1, 0.15) is 11.6 Å². The zero-order valence-electron chi connectivity index (χ0n) is 10.0. The largest absolute Gasteiger partial charge is 0.380 e. The Bertz CT molecular complexity index is 361. The molecule has 4 nitrogen and oxygen atoms in total. The molecule has 6 heteroatoms. The number of halogens is 2. The molecule has 0 amide bonds. The highest BCUT2D eigenvalue weighted by molar-refractivity contribution is 6.37. The van der Waals surface area contributed by atoms with Crippen LogP contribution in [0.3, 0.4) is 0 Å². The Labute approximate surface area is 112 Å². The quantitative estimate of drug-likeness (QED) is 0.751. The molecule has 1 aromatic rings. The molecular formula is C11H17Cl2N3O. The Hall–Kier alpha value is -0.710. The summed E-state index contributed by atoms with van der Waals surface area (Å²) >= 11 is 12.0. The smallest absolute Gasteiger partial charge is 0.147 e. The number of nitrogens with zero attached hydrogens (tertiary/aromatic N) is 1. The van der Waals surface area contributed by atoms with E-state index in [1.165, 1.54) is 0 Å². The second-order valence-corrected chi connectivity index (χ2v) is 4.12. The maximum Gasteiger partial charge on any atom is 0.147 e. The van der Waals surface area contributed by atoms with Crippen molar-refractivity contribution in [1.82, 2.24) is 4.98 Å². The van der Waals surface area contributed by atoms with E-state index in [2.05, 4.69) is 15.6 Å². The summed E-state index contributed by atoms with van der Waals surface area (Å²) in [6, 6.07) is 1.68.